The third kappa shape index (κ3) is 8.64. The van der Waals surface area contributed by atoms with Crippen molar-refractivity contribution in [3.8, 4) is 0 Å². The van der Waals surface area contributed by atoms with Crippen LogP contribution in [0.3, 0.4) is 0 Å². The minimum Gasteiger partial charge on any atom is -0.390 e. The lowest BCUT2D eigenvalue weighted by atomic mass is 10.00. The summed E-state index contributed by atoms with van der Waals surface area (Å²) in [5.41, 5.74) is 4.15. The number of aliphatic hydroxyl groups excluding tert-OH is 1. The Morgan fingerprint density at radius 1 is 1.00 bits per heavy atom. The molecule has 0 radical (unpaired) electrons. The molecule has 1 aromatic heterocycles. The molecule has 0 fully saturated rings. The molecule has 12 heteroatoms. The van der Waals surface area contributed by atoms with Crippen LogP contribution < -0.4 is 15.4 Å². The fourth-order valence-corrected chi connectivity index (χ4v) is 6.10. The van der Waals surface area contributed by atoms with E-state index in [4.69, 9.17) is 0 Å². The highest BCUT2D eigenvalue weighted by Gasteiger charge is 2.24. The van der Waals surface area contributed by atoms with Gasteiger partial charge in [-0.2, -0.15) is 0 Å². The molecule has 8 nitrogen and oxygen atoms in total. The number of carbonyl (C=O) groups excluding carboxylic acids is 1. The van der Waals surface area contributed by atoms with Crippen LogP contribution >= 0.6 is 11.3 Å². The molecule has 1 heterocycles. The minimum atomic E-state index is -3.88. The second-order valence-corrected chi connectivity index (χ2v) is 12.2. The van der Waals surface area contributed by atoms with Crippen LogP contribution in [0.4, 0.5) is 14.5 Å². The zero-order chi connectivity index (χ0) is 29.4. The first kappa shape index (κ1) is 30.3. The van der Waals surface area contributed by atoms with E-state index < -0.39 is 39.7 Å². The number of nitrogens with one attached hydrogen (secondary N) is 3. The Hall–Kier alpha value is -3.71. The first-order chi connectivity index (χ1) is 19.6. The number of benzene rings is 3. The summed E-state index contributed by atoms with van der Waals surface area (Å²) in [6.45, 7) is 2.63. The summed E-state index contributed by atoms with van der Waals surface area (Å²) in [5, 5.41) is 17.0. The highest BCUT2D eigenvalue weighted by molar-refractivity contribution is 7.94. The number of nitrogens with zero attached hydrogens (tertiary/aromatic N) is 1. The molecule has 41 heavy (non-hydrogen) atoms. The van der Waals surface area contributed by atoms with E-state index in [1.54, 1.807) is 0 Å². The smallest absolute Gasteiger partial charge is 0.273 e. The van der Waals surface area contributed by atoms with Gasteiger partial charge in [-0.1, -0.05) is 37.3 Å². The maximum absolute atomic E-state index is 13.9. The van der Waals surface area contributed by atoms with E-state index in [0.29, 0.717) is 6.54 Å². The van der Waals surface area contributed by atoms with Crippen LogP contribution in [0.5, 0.6) is 0 Å². The van der Waals surface area contributed by atoms with Gasteiger partial charge in [0.2, 0.25) is 0 Å². The fourth-order valence-electron chi connectivity index (χ4n) is 4.25. The van der Waals surface area contributed by atoms with E-state index in [-0.39, 0.29) is 34.0 Å². The molecule has 4 aromatic rings. The molecule has 0 aliphatic carbocycles. The highest BCUT2D eigenvalue weighted by Crippen LogP contribution is 2.20. The summed E-state index contributed by atoms with van der Waals surface area (Å²) >= 11 is 0.953. The van der Waals surface area contributed by atoms with Gasteiger partial charge in [0.15, 0.2) is 4.21 Å². The molecular weight excluding hydrogens is 570 g/mol. The molecule has 3 aromatic carbocycles. The van der Waals surface area contributed by atoms with Crippen molar-refractivity contribution in [1.29, 1.82) is 0 Å². The minimum absolute atomic E-state index is 0.0202. The van der Waals surface area contributed by atoms with Gasteiger partial charge < -0.3 is 15.7 Å². The molecule has 216 valence electrons. The number of sulfonamides is 1. The number of aromatic nitrogens is 1. The Kier molecular flexibility index (Phi) is 10.2. The third-order valence-electron chi connectivity index (χ3n) is 6.29. The molecule has 0 spiro atoms. The predicted octanol–water partition coefficient (Wildman–Crippen LogP) is 4.28. The second-order valence-electron chi connectivity index (χ2n) is 9.44. The van der Waals surface area contributed by atoms with Gasteiger partial charge >= 0.3 is 0 Å². The van der Waals surface area contributed by atoms with Gasteiger partial charge in [0, 0.05) is 30.4 Å². The quantitative estimate of drug-likeness (QED) is 0.182. The number of thiazole rings is 1. The van der Waals surface area contributed by atoms with Crippen LogP contribution in [0, 0.1) is 11.6 Å². The standard InChI is InChI=1S/C29H30F2N4O4S2/c1-2-19-5-3-6-20(9-19)15-32-16-27(36)26(12-21-10-23(30)14-24(31)11-21)34-29(37)22-7-4-8-25(13-22)35-41(38,39)28-17-33-18-40-28/h3-11,13-14,17-18,26-27,32,35-36H,2,12,15-16H2,1H3,(H,34,37). The van der Waals surface area contributed by atoms with Crippen molar-refractivity contribution in [2.45, 2.75) is 42.7 Å². The lowest BCUT2D eigenvalue weighted by Crippen LogP contribution is -2.48. The first-order valence-electron chi connectivity index (χ1n) is 12.9. The molecule has 0 saturated heterocycles. The second kappa shape index (κ2) is 13.8. The zero-order valence-corrected chi connectivity index (χ0v) is 23.8. The molecular formula is C29H30F2N4O4S2. The van der Waals surface area contributed by atoms with Gasteiger partial charge in [0.1, 0.15) is 11.6 Å². The van der Waals surface area contributed by atoms with E-state index >= 15 is 0 Å². The van der Waals surface area contributed by atoms with Crippen molar-refractivity contribution in [2.24, 2.45) is 0 Å². The molecule has 0 saturated carbocycles. The van der Waals surface area contributed by atoms with Crippen molar-refractivity contribution >= 4 is 33.0 Å². The molecule has 2 unspecified atom stereocenters. The Bertz CT molecular complexity index is 1560. The number of amides is 1. The number of aliphatic hydroxyl groups is 1. The Balaban J connectivity index is 1.48. The van der Waals surface area contributed by atoms with E-state index in [9.17, 15) is 27.1 Å². The van der Waals surface area contributed by atoms with Gasteiger partial charge in [-0.15, -0.1) is 11.3 Å². The number of hydrogen-bond acceptors (Lipinski definition) is 7. The summed E-state index contributed by atoms with van der Waals surface area (Å²) in [4.78, 5) is 17.0. The van der Waals surface area contributed by atoms with Crippen LogP contribution in [0.25, 0.3) is 0 Å². The highest BCUT2D eigenvalue weighted by atomic mass is 32.2. The van der Waals surface area contributed by atoms with E-state index in [2.05, 4.69) is 33.3 Å². The Morgan fingerprint density at radius 2 is 1.73 bits per heavy atom. The normalized spacial score (nSPS) is 13.0. The third-order valence-corrected chi connectivity index (χ3v) is 8.94. The number of hydrogen-bond donors (Lipinski definition) is 4. The van der Waals surface area contributed by atoms with Crippen LogP contribution in [0.15, 0.2) is 82.6 Å². The molecule has 4 N–H and O–H groups in total. The van der Waals surface area contributed by atoms with E-state index in [1.807, 2.05) is 18.2 Å². The average Bonchev–Trinajstić information content (AvgIpc) is 3.49. The topological polar surface area (TPSA) is 120 Å². The molecule has 0 aliphatic rings. The SMILES string of the molecule is CCc1cccc(CNCC(O)C(Cc2cc(F)cc(F)c2)NC(=O)c2cccc(NS(=O)(=O)c3cncs3)c2)c1. The van der Waals surface area contributed by atoms with Crippen LogP contribution in [-0.2, 0) is 29.4 Å². The first-order valence-corrected chi connectivity index (χ1v) is 15.2. The number of anilines is 1. The maximum Gasteiger partial charge on any atom is 0.273 e. The number of halogens is 2. The van der Waals surface area contributed by atoms with Gasteiger partial charge in [0.05, 0.1) is 23.9 Å². The van der Waals surface area contributed by atoms with Gasteiger partial charge in [-0.3, -0.25) is 14.5 Å². The summed E-state index contributed by atoms with van der Waals surface area (Å²) in [6, 6.07) is 16.0. The molecule has 2 atom stereocenters. The van der Waals surface area contributed by atoms with Crippen molar-refractivity contribution in [2.75, 3.05) is 11.3 Å². The average molecular weight is 601 g/mol. The summed E-state index contributed by atoms with van der Waals surface area (Å²) in [5.74, 6) is -2.13. The Labute approximate surface area is 241 Å². The van der Waals surface area contributed by atoms with Gasteiger partial charge in [0.25, 0.3) is 15.9 Å². The van der Waals surface area contributed by atoms with Gasteiger partial charge in [-0.25, -0.2) is 17.2 Å². The van der Waals surface area contributed by atoms with E-state index in [1.165, 1.54) is 41.5 Å². The van der Waals surface area contributed by atoms with Crippen molar-refractivity contribution < 1.29 is 27.1 Å². The maximum atomic E-state index is 13.9. The molecule has 0 aliphatic heterocycles. The number of aryl methyl sites for hydroxylation is 1. The zero-order valence-electron chi connectivity index (χ0n) is 22.2. The van der Waals surface area contributed by atoms with Crippen molar-refractivity contribution in [1.82, 2.24) is 15.6 Å². The molecule has 1 amide bonds. The van der Waals surface area contributed by atoms with Crippen LogP contribution in [0.1, 0.15) is 34.0 Å². The fraction of sp³-hybridized carbons (Fsp3) is 0.241. The summed E-state index contributed by atoms with van der Waals surface area (Å²) < 4.78 is 55.3. The largest absolute Gasteiger partial charge is 0.390 e. The Morgan fingerprint density at radius 3 is 2.44 bits per heavy atom. The molecule has 0 bridgehead atoms. The predicted molar refractivity (Wildman–Crippen MR) is 154 cm³/mol. The lowest BCUT2D eigenvalue weighted by molar-refractivity contribution is 0.0830. The van der Waals surface area contributed by atoms with Crippen LogP contribution in [0.2, 0.25) is 0 Å². The van der Waals surface area contributed by atoms with Crippen molar-refractivity contribution in [3.63, 3.8) is 0 Å². The van der Waals surface area contributed by atoms with E-state index in [0.717, 1.165) is 41.5 Å². The van der Waals surface area contributed by atoms with Gasteiger partial charge in [-0.05, 0) is 59.9 Å². The lowest BCUT2D eigenvalue weighted by Gasteiger charge is -2.25. The molecule has 4 rings (SSSR count). The monoisotopic (exact) mass is 600 g/mol. The van der Waals surface area contributed by atoms with Crippen molar-refractivity contribution in [3.05, 3.63) is 112 Å². The number of rotatable bonds is 13. The summed E-state index contributed by atoms with van der Waals surface area (Å²) in [6.07, 6.45) is 0.946. The van der Waals surface area contributed by atoms with Crippen LogP contribution in [-0.4, -0.2) is 43.1 Å². The number of carbonyl (C=O) groups is 1. The summed E-state index contributed by atoms with van der Waals surface area (Å²) in [7, 11) is -3.88.